The number of likely N-dealkylation sites (tertiary alicyclic amines) is 1. The van der Waals surface area contributed by atoms with E-state index in [1.807, 2.05) is 13.8 Å². The number of halogens is 4. The van der Waals surface area contributed by atoms with Crippen LogP contribution in [0, 0.1) is 18.2 Å². The lowest BCUT2D eigenvalue weighted by Crippen LogP contribution is -2.62. The number of hydrogen-bond acceptors (Lipinski definition) is 7. The van der Waals surface area contributed by atoms with Gasteiger partial charge < -0.3 is 20.7 Å². The number of carbonyl (C=O) groups is 3. The fourth-order valence-corrected chi connectivity index (χ4v) is 5.11. The van der Waals surface area contributed by atoms with Gasteiger partial charge in [0.15, 0.2) is 0 Å². The first-order chi connectivity index (χ1) is 21.1. The van der Waals surface area contributed by atoms with Crippen LogP contribution >= 0.6 is 0 Å². The molecule has 246 valence electrons. The van der Waals surface area contributed by atoms with E-state index in [1.165, 1.54) is 37.1 Å². The minimum Gasteiger partial charge on any atom is -0.374 e. The molecule has 0 aliphatic carbocycles. The number of nitrogens with two attached hydrogens (primary N) is 1. The van der Waals surface area contributed by atoms with Gasteiger partial charge in [-0.3, -0.25) is 19.4 Å². The monoisotopic (exact) mass is 636 g/mol. The van der Waals surface area contributed by atoms with Gasteiger partial charge >= 0.3 is 6.18 Å². The molecule has 2 unspecified atom stereocenters. The Hall–Kier alpha value is -3.91. The minimum atomic E-state index is -4.68. The molecule has 45 heavy (non-hydrogen) atoms. The van der Waals surface area contributed by atoms with E-state index in [0.717, 1.165) is 0 Å². The van der Waals surface area contributed by atoms with E-state index in [1.54, 1.807) is 31.2 Å². The quantitative estimate of drug-likeness (QED) is 0.384. The summed E-state index contributed by atoms with van der Waals surface area (Å²) in [6, 6.07) is 7.94. The lowest BCUT2D eigenvalue weighted by atomic mass is 9.74. The van der Waals surface area contributed by atoms with Crippen molar-refractivity contribution in [1.82, 2.24) is 20.2 Å². The molecule has 2 aliphatic heterocycles. The lowest BCUT2D eigenvalue weighted by Gasteiger charge is -2.40. The third-order valence-corrected chi connectivity index (χ3v) is 7.40. The van der Waals surface area contributed by atoms with Gasteiger partial charge in [-0.1, -0.05) is 26.0 Å². The first-order valence-corrected chi connectivity index (χ1v) is 14.7. The number of alkyl halides is 3. The molecule has 0 saturated carbocycles. The summed E-state index contributed by atoms with van der Waals surface area (Å²) in [6.45, 7) is 6.58. The van der Waals surface area contributed by atoms with Crippen molar-refractivity contribution in [1.29, 1.82) is 0 Å². The molecular weight excluding hydrogens is 596 g/mol. The van der Waals surface area contributed by atoms with Crippen molar-refractivity contribution >= 4 is 23.4 Å². The third kappa shape index (κ3) is 8.85. The number of aryl methyl sites for hydroxylation is 1. The topological polar surface area (TPSA) is 130 Å². The number of rotatable bonds is 10. The summed E-state index contributed by atoms with van der Waals surface area (Å²) in [5.74, 6) is -2.53. The number of ether oxygens (including phenoxy) is 1. The van der Waals surface area contributed by atoms with Gasteiger partial charge in [0.2, 0.25) is 11.8 Å². The highest BCUT2D eigenvalue weighted by atomic mass is 19.4. The standard InChI is InChI=1S/C29H34F4N6O4.C2H6/c1-18-12-20(30)8-7-19(18)14-43-15-22(36-25(41)27(2,3)34)24(40)38-11-9-23-28(16-38,13-21-6-4-5-10-35-21)26(42)39(37-23)17-29(31,32)33;1-2/h4-8,10,12,22H,9,11,13-17,34H2,1-3H3,(H,36,41);1-2H3. The largest absolute Gasteiger partial charge is 0.408 e. The summed E-state index contributed by atoms with van der Waals surface area (Å²) in [5.41, 5.74) is 5.03. The van der Waals surface area contributed by atoms with Crippen LogP contribution in [0.1, 0.15) is 50.9 Å². The summed E-state index contributed by atoms with van der Waals surface area (Å²) in [5, 5.41) is 7.06. The fraction of sp³-hybridized carbons (Fsp3) is 0.516. The van der Waals surface area contributed by atoms with Crippen LogP contribution in [0.3, 0.4) is 0 Å². The van der Waals surface area contributed by atoms with Crippen molar-refractivity contribution in [3.05, 3.63) is 65.2 Å². The number of hydrazone groups is 1. The molecule has 2 atom stereocenters. The second-order valence-electron chi connectivity index (χ2n) is 11.4. The summed E-state index contributed by atoms with van der Waals surface area (Å²) in [6.07, 6.45) is -3.21. The van der Waals surface area contributed by atoms with Gasteiger partial charge in [0.1, 0.15) is 23.8 Å². The zero-order valence-electron chi connectivity index (χ0n) is 26.1. The van der Waals surface area contributed by atoms with Gasteiger partial charge in [-0.15, -0.1) is 0 Å². The van der Waals surface area contributed by atoms with Gasteiger partial charge in [-0.2, -0.15) is 18.3 Å². The van der Waals surface area contributed by atoms with Crippen LogP contribution in [0.15, 0.2) is 47.7 Å². The zero-order valence-corrected chi connectivity index (χ0v) is 26.1. The maximum Gasteiger partial charge on any atom is 0.408 e. The number of benzene rings is 1. The Morgan fingerprint density at radius 1 is 1.18 bits per heavy atom. The number of hydrogen-bond donors (Lipinski definition) is 2. The summed E-state index contributed by atoms with van der Waals surface area (Å²) in [4.78, 5) is 45.9. The van der Waals surface area contributed by atoms with Crippen LogP contribution < -0.4 is 11.1 Å². The molecule has 3 amide bonds. The van der Waals surface area contributed by atoms with E-state index >= 15 is 0 Å². The molecule has 0 bridgehead atoms. The molecule has 1 fully saturated rings. The smallest absolute Gasteiger partial charge is 0.374 e. The van der Waals surface area contributed by atoms with Gasteiger partial charge in [0.05, 0.1) is 24.5 Å². The van der Waals surface area contributed by atoms with Crippen LogP contribution in [-0.2, 0) is 32.1 Å². The highest BCUT2D eigenvalue weighted by Crippen LogP contribution is 2.39. The number of amides is 3. The minimum absolute atomic E-state index is 0.0170. The number of carbonyl (C=O) groups excluding carboxylic acids is 3. The Morgan fingerprint density at radius 3 is 2.49 bits per heavy atom. The molecule has 1 saturated heterocycles. The predicted octanol–water partition coefficient (Wildman–Crippen LogP) is 3.52. The van der Waals surface area contributed by atoms with Crippen LogP contribution in [0.5, 0.6) is 0 Å². The van der Waals surface area contributed by atoms with Crippen LogP contribution in [0.2, 0.25) is 0 Å². The number of aromatic nitrogens is 1. The summed E-state index contributed by atoms with van der Waals surface area (Å²) >= 11 is 0. The number of nitrogens with one attached hydrogen (secondary N) is 1. The Bertz CT molecular complexity index is 1400. The SMILES string of the molecule is CC.Cc1cc(F)ccc1COCC(NC(=O)C(C)(C)N)C(=O)N1CCC2=NN(CC(F)(F)F)C(=O)C2(Cc2ccccn2)C1. The molecule has 0 spiro atoms. The van der Waals surface area contributed by atoms with E-state index in [9.17, 15) is 31.9 Å². The second kappa shape index (κ2) is 14.5. The van der Waals surface area contributed by atoms with Gasteiger partial charge in [0.25, 0.3) is 5.91 Å². The van der Waals surface area contributed by atoms with Crippen molar-refractivity contribution < 1.29 is 36.7 Å². The predicted molar refractivity (Wildman–Crippen MR) is 159 cm³/mol. The second-order valence-corrected chi connectivity index (χ2v) is 11.4. The summed E-state index contributed by atoms with van der Waals surface area (Å²) < 4.78 is 59.2. The average Bonchev–Trinajstić information content (AvgIpc) is 3.22. The first kappa shape index (κ1) is 35.6. The van der Waals surface area contributed by atoms with E-state index in [2.05, 4.69) is 15.4 Å². The Morgan fingerprint density at radius 2 is 1.89 bits per heavy atom. The molecule has 1 aromatic carbocycles. The Balaban J connectivity index is 0.00000271. The highest BCUT2D eigenvalue weighted by molar-refractivity contribution is 6.13. The van der Waals surface area contributed by atoms with E-state index in [4.69, 9.17) is 10.5 Å². The van der Waals surface area contributed by atoms with Crippen molar-refractivity contribution in [2.75, 3.05) is 26.2 Å². The Labute approximate surface area is 260 Å². The molecule has 3 heterocycles. The molecular formula is C31H40F4N6O4. The first-order valence-electron chi connectivity index (χ1n) is 14.7. The maximum atomic E-state index is 13.9. The molecule has 2 aliphatic rings. The van der Waals surface area contributed by atoms with E-state index in [-0.39, 0.29) is 44.9 Å². The van der Waals surface area contributed by atoms with Gasteiger partial charge in [-0.05, 0) is 56.2 Å². The molecule has 14 heteroatoms. The van der Waals surface area contributed by atoms with E-state index < -0.39 is 53.3 Å². The maximum absolute atomic E-state index is 13.9. The Kier molecular flexibility index (Phi) is 11.4. The average molecular weight is 637 g/mol. The van der Waals surface area contributed by atoms with Crippen molar-refractivity contribution in [2.24, 2.45) is 16.3 Å². The number of piperidine rings is 1. The number of pyridine rings is 1. The zero-order chi connectivity index (χ0) is 33.6. The third-order valence-electron chi connectivity index (χ3n) is 7.40. The number of nitrogens with zero attached hydrogens (tertiary/aromatic N) is 4. The fourth-order valence-electron chi connectivity index (χ4n) is 5.11. The molecule has 1 aromatic heterocycles. The lowest BCUT2D eigenvalue weighted by molar-refractivity contribution is -0.164. The normalized spacial score (nSPS) is 18.9. The summed E-state index contributed by atoms with van der Waals surface area (Å²) in [7, 11) is 0. The highest BCUT2D eigenvalue weighted by Gasteiger charge is 2.56. The molecule has 4 rings (SSSR count). The van der Waals surface area contributed by atoms with Crippen molar-refractivity contribution in [3.63, 3.8) is 0 Å². The number of fused-ring (bicyclic) bond motifs is 1. The van der Waals surface area contributed by atoms with Crippen molar-refractivity contribution in [2.45, 2.75) is 71.8 Å². The van der Waals surface area contributed by atoms with Crippen LogP contribution in [-0.4, -0.2) is 82.3 Å². The van der Waals surface area contributed by atoms with E-state index in [0.29, 0.717) is 21.8 Å². The molecule has 2 aromatic rings. The van der Waals surface area contributed by atoms with Crippen LogP contribution in [0.4, 0.5) is 17.6 Å². The van der Waals surface area contributed by atoms with Gasteiger partial charge in [-0.25, -0.2) is 9.40 Å². The molecule has 3 N–H and O–H groups in total. The van der Waals surface area contributed by atoms with Crippen molar-refractivity contribution in [3.8, 4) is 0 Å². The molecule has 0 radical (unpaired) electrons. The van der Waals surface area contributed by atoms with Gasteiger partial charge in [0, 0.05) is 37.8 Å². The molecule has 10 nitrogen and oxygen atoms in total. The van der Waals surface area contributed by atoms with Crippen LogP contribution in [0.25, 0.3) is 0 Å².